The van der Waals surface area contributed by atoms with Crippen LogP contribution in [-0.2, 0) is 17.8 Å². The lowest BCUT2D eigenvalue weighted by Crippen LogP contribution is -2.49. The normalized spacial score (nSPS) is 17.4. The first-order valence-electron chi connectivity index (χ1n) is 11.1. The molecule has 5 nitrogen and oxygen atoms in total. The molecule has 2 aliphatic rings. The topological polar surface area (TPSA) is 58.6 Å². The molecule has 1 aromatic carbocycles. The fourth-order valence-corrected chi connectivity index (χ4v) is 5.22. The molecule has 1 aromatic heterocycles. The summed E-state index contributed by atoms with van der Waals surface area (Å²) < 4.78 is 5.98. The molecule has 0 spiro atoms. The Kier molecular flexibility index (Phi) is 6.72. The molecule has 1 unspecified atom stereocenters. The maximum atomic E-state index is 13.1. The molecule has 160 valence electrons. The molecule has 2 amide bonds. The summed E-state index contributed by atoms with van der Waals surface area (Å²) in [6, 6.07) is 8.88. The molecule has 0 radical (unpaired) electrons. The van der Waals surface area contributed by atoms with E-state index < -0.39 is 6.04 Å². The molecule has 4 rings (SSSR count). The number of ether oxygens (including phenoxy) is 1. The van der Waals surface area contributed by atoms with Crippen LogP contribution in [0.1, 0.15) is 66.2 Å². The molecule has 1 aliphatic heterocycles. The van der Waals surface area contributed by atoms with Gasteiger partial charge in [0.25, 0.3) is 5.91 Å². The lowest BCUT2D eigenvalue weighted by molar-refractivity contribution is -0.134. The fraction of sp³-hybridized carbons (Fsp3) is 0.500. The molecular weight excluding hydrogens is 396 g/mol. The smallest absolute Gasteiger partial charge is 0.251 e. The minimum Gasteiger partial charge on any atom is -0.490 e. The summed E-state index contributed by atoms with van der Waals surface area (Å²) in [6.45, 7) is 3.39. The number of carbonyl (C=O) groups is 2. The van der Waals surface area contributed by atoms with E-state index in [4.69, 9.17) is 4.74 Å². The molecule has 1 atom stereocenters. The molecule has 0 saturated heterocycles. The number of benzene rings is 1. The Morgan fingerprint density at radius 2 is 1.97 bits per heavy atom. The van der Waals surface area contributed by atoms with Gasteiger partial charge in [0.2, 0.25) is 5.91 Å². The first-order chi connectivity index (χ1) is 14.6. The average molecular weight is 427 g/mol. The highest BCUT2D eigenvalue weighted by Crippen LogP contribution is 2.26. The van der Waals surface area contributed by atoms with Crippen LogP contribution in [0.15, 0.2) is 35.7 Å². The quantitative estimate of drug-likeness (QED) is 0.706. The van der Waals surface area contributed by atoms with Crippen LogP contribution in [0, 0.1) is 0 Å². The van der Waals surface area contributed by atoms with Crippen LogP contribution in [0.3, 0.4) is 0 Å². The van der Waals surface area contributed by atoms with Crippen molar-refractivity contribution in [3.63, 3.8) is 0 Å². The van der Waals surface area contributed by atoms with Gasteiger partial charge in [0, 0.05) is 23.5 Å². The summed E-state index contributed by atoms with van der Waals surface area (Å²) >= 11 is 1.76. The van der Waals surface area contributed by atoms with Crippen molar-refractivity contribution in [3.8, 4) is 5.75 Å². The third-order valence-electron chi connectivity index (χ3n) is 6.02. The Balaban J connectivity index is 1.37. The fourth-order valence-electron chi connectivity index (χ4n) is 4.33. The van der Waals surface area contributed by atoms with Crippen LogP contribution >= 0.6 is 11.3 Å². The summed E-state index contributed by atoms with van der Waals surface area (Å²) in [4.78, 5) is 29.2. The molecular formula is C24H30N2O3S. The van der Waals surface area contributed by atoms with Crippen LogP contribution in [-0.4, -0.2) is 35.4 Å². The Morgan fingerprint density at radius 3 is 2.70 bits per heavy atom. The van der Waals surface area contributed by atoms with Crippen LogP contribution in [0.25, 0.3) is 0 Å². The van der Waals surface area contributed by atoms with E-state index in [1.807, 2.05) is 24.0 Å². The summed E-state index contributed by atoms with van der Waals surface area (Å²) in [5, 5.41) is 5.06. The standard InChI is InChI=1S/C24H30N2O3S/c1-2-5-21(24(28)26-14-12-22-18(16-26)13-15-30-22)25-23(27)17-8-10-20(11-9-17)29-19-6-3-4-7-19/h8-11,13,15,19,21H,2-7,12,14,16H2,1H3,(H,25,27). The average Bonchev–Trinajstić information content (AvgIpc) is 3.44. The van der Waals surface area contributed by atoms with Crippen LogP contribution < -0.4 is 10.1 Å². The molecule has 2 heterocycles. The minimum atomic E-state index is -0.489. The van der Waals surface area contributed by atoms with Crippen molar-refractivity contribution >= 4 is 23.2 Å². The molecule has 1 saturated carbocycles. The first-order valence-corrected chi connectivity index (χ1v) is 11.9. The lowest BCUT2D eigenvalue weighted by atomic mass is 10.1. The van der Waals surface area contributed by atoms with Gasteiger partial charge in [-0.25, -0.2) is 0 Å². The summed E-state index contributed by atoms with van der Waals surface area (Å²) in [5.74, 6) is 0.616. The van der Waals surface area contributed by atoms with Gasteiger partial charge in [-0.2, -0.15) is 0 Å². The number of carbonyl (C=O) groups excluding carboxylic acids is 2. The maximum Gasteiger partial charge on any atom is 0.251 e. The monoisotopic (exact) mass is 426 g/mol. The Labute approximate surface area is 182 Å². The van der Waals surface area contributed by atoms with Gasteiger partial charge in [0.05, 0.1) is 6.10 Å². The maximum absolute atomic E-state index is 13.1. The predicted molar refractivity (Wildman–Crippen MR) is 119 cm³/mol. The van der Waals surface area contributed by atoms with E-state index in [2.05, 4.69) is 16.8 Å². The van der Waals surface area contributed by atoms with Gasteiger partial charge in [0.1, 0.15) is 11.8 Å². The number of rotatable bonds is 7. The molecule has 1 aliphatic carbocycles. The predicted octanol–water partition coefficient (Wildman–Crippen LogP) is 4.55. The van der Waals surface area contributed by atoms with Crippen molar-refractivity contribution in [3.05, 3.63) is 51.7 Å². The summed E-state index contributed by atoms with van der Waals surface area (Å²) in [6.07, 6.45) is 7.32. The second kappa shape index (κ2) is 9.65. The third kappa shape index (κ3) is 4.86. The number of nitrogens with one attached hydrogen (secondary N) is 1. The first kappa shape index (κ1) is 20.9. The number of fused-ring (bicyclic) bond motifs is 1. The Morgan fingerprint density at radius 1 is 1.20 bits per heavy atom. The van der Waals surface area contributed by atoms with E-state index in [0.717, 1.165) is 38.0 Å². The van der Waals surface area contributed by atoms with Gasteiger partial charge in [-0.3, -0.25) is 9.59 Å². The molecule has 30 heavy (non-hydrogen) atoms. The van der Waals surface area contributed by atoms with Gasteiger partial charge in [-0.15, -0.1) is 11.3 Å². The largest absolute Gasteiger partial charge is 0.490 e. The number of amides is 2. The van der Waals surface area contributed by atoms with Crippen LogP contribution in [0.4, 0.5) is 0 Å². The molecule has 1 fully saturated rings. The lowest BCUT2D eigenvalue weighted by Gasteiger charge is -2.31. The highest BCUT2D eigenvalue weighted by atomic mass is 32.1. The van der Waals surface area contributed by atoms with E-state index in [9.17, 15) is 9.59 Å². The zero-order valence-electron chi connectivity index (χ0n) is 17.6. The van der Waals surface area contributed by atoms with Crippen LogP contribution in [0.2, 0.25) is 0 Å². The summed E-state index contributed by atoms with van der Waals surface area (Å²) in [7, 11) is 0. The van der Waals surface area contributed by atoms with E-state index >= 15 is 0 Å². The Bertz CT molecular complexity index is 871. The van der Waals surface area contributed by atoms with E-state index in [-0.39, 0.29) is 11.8 Å². The minimum absolute atomic E-state index is 0.0169. The van der Waals surface area contributed by atoms with Gasteiger partial charge in [-0.1, -0.05) is 13.3 Å². The zero-order chi connectivity index (χ0) is 20.9. The van der Waals surface area contributed by atoms with Crippen molar-refractivity contribution in [2.24, 2.45) is 0 Å². The van der Waals surface area contributed by atoms with Crippen molar-refractivity contribution in [1.82, 2.24) is 10.2 Å². The SMILES string of the molecule is CCCC(NC(=O)c1ccc(OC2CCCC2)cc1)C(=O)N1CCc2sccc2C1. The van der Waals surface area contributed by atoms with Gasteiger partial charge in [0.15, 0.2) is 0 Å². The number of thiophene rings is 1. The van der Waals surface area contributed by atoms with Crippen LogP contribution in [0.5, 0.6) is 5.75 Å². The van der Waals surface area contributed by atoms with Gasteiger partial charge < -0.3 is 15.0 Å². The van der Waals surface area contributed by atoms with Crippen molar-refractivity contribution in [2.45, 2.75) is 70.6 Å². The second-order valence-electron chi connectivity index (χ2n) is 8.24. The number of hydrogen-bond acceptors (Lipinski definition) is 4. The zero-order valence-corrected chi connectivity index (χ0v) is 18.4. The van der Waals surface area contributed by atoms with E-state index in [1.165, 1.54) is 23.3 Å². The van der Waals surface area contributed by atoms with E-state index in [1.54, 1.807) is 23.5 Å². The van der Waals surface area contributed by atoms with E-state index in [0.29, 0.717) is 24.6 Å². The van der Waals surface area contributed by atoms with Crippen molar-refractivity contribution in [1.29, 1.82) is 0 Å². The highest BCUT2D eigenvalue weighted by molar-refractivity contribution is 7.10. The molecule has 0 bridgehead atoms. The van der Waals surface area contributed by atoms with Crippen molar-refractivity contribution in [2.75, 3.05) is 6.54 Å². The molecule has 2 aromatic rings. The Hall–Kier alpha value is -2.34. The third-order valence-corrected chi connectivity index (χ3v) is 7.04. The molecule has 6 heteroatoms. The van der Waals surface area contributed by atoms with Gasteiger partial charge in [-0.05, 0) is 79.8 Å². The second-order valence-corrected chi connectivity index (χ2v) is 9.24. The number of hydrogen-bond donors (Lipinski definition) is 1. The molecule has 1 N–H and O–H groups in total. The number of nitrogens with zero attached hydrogens (tertiary/aromatic N) is 1. The van der Waals surface area contributed by atoms with Crippen molar-refractivity contribution < 1.29 is 14.3 Å². The highest BCUT2D eigenvalue weighted by Gasteiger charge is 2.28. The van der Waals surface area contributed by atoms with Gasteiger partial charge >= 0.3 is 0 Å². The summed E-state index contributed by atoms with van der Waals surface area (Å²) in [5.41, 5.74) is 1.79.